The minimum atomic E-state index is 0.589. The predicted molar refractivity (Wildman–Crippen MR) is 224 cm³/mol. The fraction of sp³-hybridized carbons (Fsp3) is 0. The summed E-state index contributed by atoms with van der Waals surface area (Å²) in [6.45, 7) is 0. The van der Waals surface area contributed by atoms with Gasteiger partial charge in [-0.25, -0.2) is 0 Å². The Balaban J connectivity index is 1.13. The summed E-state index contributed by atoms with van der Waals surface area (Å²) in [7, 11) is 0. The highest BCUT2D eigenvalue weighted by Crippen LogP contribution is 2.40. The molecule has 0 bridgehead atoms. The number of rotatable bonds is 4. The lowest BCUT2D eigenvalue weighted by Gasteiger charge is -2.16. The molecule has 0 aliphatic rings. The fourth-order valence-corrected chi connectivity index (χ4v) is 8.70. The minimum Gasteiger partial charge on any atom is -0.309 e. The summed E-state index contributed by atoms with van der Waals surface area (Å²) in [6.07, 6.45) is 0. The maximum Gasteiger partial charge on any atom is 0.0991 e. The van der Waals surface area contributed by atoms with E-state index in [0.29, 0.717) is 11.1 Å². The van der Waals surface area contributed by atoms with E-state index in [1.165, 1.54) is 21.5 Å². The molecule has 254 valence electrons. The van der Waals surface area contributed by atoms with Crippen LogP contribution in [0.1, 0.15) is 11.1 Å². The van der Waals surface area contributed by atoms with Crippen LogP contribution in [0.25, 0.3) is 93.6 Å². The summed E-state index contributed by atoms with van der Waals surface area (Å²) < 4.78 is 6.92. The molecule has 5 nitrogen and oxygen atoms in total. The summed E-state index contributed by atoms with van der Waals surface area (Å²) in [6, 6.07) is 66.0. The van der Waals surface area contributed by atoms with E-state index in [-0.39, 0.29) is 0 Å². The molecule has 0 unspecified atom stereocenters. The number of aromatic nitrogens is 3. The molecule has 0 atom stereocenters. The summed E-state index contributed by atoms with van der Waals surface area (Å²) in [5.74, 6) is 0. The fourth-order valence-electron chi connectivity index (χ4n) is 8.70. The Hall–Kier alpha value is -7.86. The second kappa shape index (κ2) is 11.8. The van der Waals surface area contributed by atoms with Crippen LogP contribution in [0.3, 0.4) is 0 Å². The lowest BCUT2D eigenvalue weighted by Crippen LogP contribution is -1.99. The molecular weight excluding hydrogens is 671 g/mol. The van der Waals surface area contributed by atoms with Crippen LogP contribution in [-0.2, 0) is 0 Å². The van der Waals surface area contributed by atoms with Crippen LogP contribution < -0.4 is 0 Å². The molecule has 3 heterocycles. The van der Waals surface area contributed by atoms with Crippen molar-refractivity contribution in [3.8, 4) is 40.3 Å². The zero-order valence-electron chi connectivity index (χ0n) is 29.5. The van der Waals surface area contributed by atoms with E-state index in [1.54, 1.807) is 0 Å². The van der Waals surface area contributed by atoms with Gasteiger partial charge >= 0.3 is 0 Å². The normalized spacial score (nSPS) is 11.6. The summed E-state index contributed by atoms with van der Waals surface area (Å²) in [4.78, 5) is 0. The first-order valence-electron chi connectivity index (χ1n) is 18.3. The second-order valence-electron chi connectivity index (χ2n) is 14.0. The lowest BCUT2D eigenvalue weighted by molar-refractivity contribution is 1.16. The van der Waals surface area contributed by atoms with Crippen molar-refractivity contribution >= 4 is 65.4 Å². The number of fused-ring (bicyclic) bond motifs is 9. The summed E-state index contributed by atoms with van der Waals surface area (Å²) >= 11 is 0. The van der Waals surface area contributed by atoms with Crippen molar-refractivity contribution in [3.63, 3.8) is 0 Å². The van der Waals surface area contributed by atoms with Gasteiger partial charge in [-0.2, -0.15) is 10.5 Å². The Morgan fingerprint density at radius 3 is 1.29 bits per heavy atom. The first kappa shape index (κ1) is 30.7. The first-order valence-corrected chi connectivity index (χ1v) is 18.3. The standard InChI is InChI=1S/C50H29N5/c51-30-32-17-24-48(41(27-32)34-19-21-35(22-20-34)53-44-13-5-1-9-37(44)38-10-2-6-14-45(38)53)55-49-25-18-33(31-52)28-42(49)43-29-36(23-26-50(43)55)54-46-15-7-3-11-39(46)40-12-4-8-16-47(40)54/h1-29H. The molecule has 0 N–H and O–H groups in total. The lowest BCUT2D eigenvalue weighted by atomic mass is 10.00. The topological polar surface area (TPSA) is 62.4 Å². The molecule has 0 saturated carbocycles. The Kier molecular flexibility index (Phi) is 6.61. The van der Waals surface area contributed by atoms with E-state index in [2.05, 4.69) is 165 Å². The number of hydrogen-bond donors (Lipinski definition) is 0. The quantitative estimate of drug-likeness (QED) is 0.184. The number of benzene rings is 8. The van der Waals surface area contributed by atoms with E-state index >= 15 is 0 Å². The highest BCUT2D eigenvalue weighted by molar-refractivity contribution is 6.13. The number of nitriles is 2. The third-order valence-corrected chi connectivity index (χ3v) is 11.1. The van der Waals surface area contributed by atoms with Gasteiger partial charge in [-0.3, -0.25) is 0 Å². The largest absolute Gasteiger partial charge is 0.309 e. The maximum absolute atomic E-state index is 10.1. The van der Waals surface area contributed by atoms with Gasteiger partial charge in [-0.15, -0.1) is 0 Å². The van der Waals surface area contributed by atoms with Crippen LogP contribution in [0, 0.1) is 22.7 Å². The number of para-hydroxylation sites is 4. The first-order chi connectivity index (χ1) is 27.2. The van der Waals surface area contributed by atoms with Crippen LogP contribution in [-0.4, -0.2) is 13.7 Å². The number of nitrogens with zero attached hydrogens (tertiary/aromatic N) is 5. The molecule has 55 heavy (non-hydrogen) atoms. The van der Waals surface area contributed by atoms with Gasteiger partial charge in [0.05, 0.1) is 62.1 Å². The van der Waals surface area contributed by atoms with Crippen LogP contribution in [0.15, 0.2) is 176 Å². The van der Waals surface area contributed by atoms with Crippen LogP contribution in [0.5, 0.6) is 0 Å². The molecule has 5 heteroatoms. The highest BCUT2D eigenvalue weighted by Gasteiger charge is 2.20. The molecule has 0 aliphatic heterocycles. The van der Waals surface area contributed by atoms with Crippen molar-refractivity contribution < 1.29 is 0 Å². The van der Waals surface area contributed by atoms with Gasteiger partial charge in [-0.1, -0.05) is 84.9 Å². The summed E-state index contributed by atoms with van der Waals surface area (Å²) in [5, 5.41) is 27.0. The van der Waals surface area contributed by atoms with Gasteiger partial charge in [0, 0.05) is 49.3 Å². The Labute approximate surface area is 316 Å². The van der Waals surface area contributed by atoms with E-state index < -0.39 is 0 Å². The molecule has 0 saturated heterocycles. The molecule has 0 spiro atoms. The van der Waals surface area contributed by atoms with E-state index in [0.717, 1.165) is 72.1 Å². The molecule has 0 amide bonds. The van der Waals surface area contributed by atoms with Gasteiger partial charge in [0.15, 0.2) is 0 Å². The minimum absolute atomic E-state index is 0.589. The van der Waals surface area contributed by atoms with Gasteiger partial charge < -0.3 is 13.7 Å². The maximum atomic E-state index is 10.1. The zero-order valence-corrected chi connectivity index (χ0v) is 29.5. The second-order valence-corrected chi connectivity index (χ2v) is 14.0. The van der Waals surface area contributed by atoms with Crippen molar-refractivity contribution in [1.82, 2.24) is 13.7 Å². The Morgan fingerprint density at radius 2 is 0.745 bits per heavy atom. The summed E-state index contributed by atoms with van der Waals surface area (Å²) in [5.41, 5.74) is 12.8. The highest BCUT2D eigenvalue weighted by atomic mass is 15.0. The van der Waals surface area contributed by atoms with E-state index in [1.807, 2.05) is 36.4 Å². The average Bonchev–Trinajstić information content (AvgIpc) is 3.89. The van der Waals surface area contributed by atoms with Crippen molar-refractivity contribution in [1.29, 1.82) is 10.5 Å². The zero-order chi connectivity index (χ0) is 36.6. The van der Waals surface area contributed by atoms with E-state index in [9.17, 15) is 10.5 Å². The molecule has 0 radical (unpaired) electrons. The Morgan fingerprint density at radius 1 is 0.327 bits per heavy atom. The molecular formula is C50H29N5. The Bertz CT molecular complexity index is 3350. The van der Waals surface area contributed by atoms with Gasteiger partial charge in [-0.05, 0) is 96.6 Å². The molecule has 3 aromatic heterocycles. The van der Waals surface area contributed by atoms with Crippen molar-refractivity contribution in [2.75, 3.05) is 0 Å². The molecule has 11 aromatic rings. The SMILES string of the molecule is N#Cc1ccc(-n2c3ccc(C#N)cc3c3cc(-n4c5ccccc5c5ccccc54)ccc32)c(-c2ccc(-n3c4ccccc4c4ccccc43)cc2)c1. The third-order valence-electron chi connectivity index (χ3n) is 11.1. The van der Waals surface area contributed by atoms with Gasteiger partial charge in [0.1, 0.15) is 0 Å². The van der Waals surface area contributed by atoms with E-state index in [4.69, 9.17) is 0 Å². The van der Waals surface area contributed by atoms with Gasteiger partial charge in [0.2, 0.25) is 0 Å². The van der Waals surface area contributed by atoms with Crippen LogP contribution in [0.2, 0.25) is 0 Å². The predicted octanol–water partition coefficient (Wildman–Crippen LogP) is 12.4. The van der Waals surface area contributed by atoms with Crippen molar-refractivity contribution in [2.24, 2.45) is 0 Å². The molecule has 11 rings (SSSR count). The van der Waals surface area contributed by atoms with Crippen molar-refractivity contribution in [2.45, 2.75) is 0 Å². The molecule has 8 aromatic carbocycles. The van der Waals surface area contributed by atoms with Crippen LogP contribution in [0.4, 0.5) is 0 Å². The molecule has 0 fully saturated rings. The average molecular weight is 700 g/mol. The smallest absolute Gasteiger partial charge is 0.0991 e. The molecule has 0 aliphatic carbocycles. The third kappa shape index (κ3) is 4.51. The number of hydrogen-bond acceptors (Lipinski definition) is 2. The van der Waals surface area contributed by atoms with Crippen molar-refractivity contribution in [3.05, 3.63) is 187 Å². The monoisotopic (exact) mass is 699 g/mol. The van der Waals surface area contributed by atoms with Gasteiger partial charge in [0.25, 0.3) is 0 Å². The van der Waals surface area contributed by atoms with Crippen LogP contribution >= 0.6 is 0 Å².